The van der Waals surface area contributed by atoms with Crippen molar-refractivity contribution in [1.82, 2.24) is 9.80 Å². The number of anilines is 1. The summed E-state index contributed by atoms with van der Waals surface area (Å²) in [4.78, 5) is 31.0. The molecule has 2 aliphatic heterocycles. The van der Waals surface area contributed by atoms with E-state index in [-0.39, 0.29) is 17.7 Å². The minimum atomic E-state index is -0.201. The Morgan fingerprint density at radius 1 is 1.11 bits per heavy atom. The number of benzene rings is 1. The number of nitrogens with zero attached hydrogens (tertiary/aromatic N) is 3. The summed E-state index contributed by atoms with van der Waals surface area (Å²) in [5.74, 6) is 0.842. The van der Waals surface area contributed by atoms with Gasteiger partial charge in [-0.25, -0.2) is 0 Å². The van der Waals surface area contributed by atoms with Crippen LogP contribution in [-0.4, -0.2) is 81.7 Å². The molecule has 0 saturated carbocycles. The fourth-order valence-corrected chi connectivity index (χ4v) is 3.79. The number of piperazine rings is 1. The highest BCUT2D eigenvalue weighted by Crippen LogP contribution is 2.23. The second-order valence-corrected chi connectivity index (χ2v) is 7.10. The summed E-state index contributed by atoms with van der Waals surface area (Å²) in [5, 5.41) is 0. The number of amides is 2. The fraction of sp³-hybridized carbons (Fsp3) is 0.600. The van der Waals surface area contributed by atoms with Gasteiger partial charge in [0.05, 0.1) is 13.0 Å². The van der Waals surface area contributed by atoms with Gasteiger partial charge in [-0.3, -0.25) is 9.59 Å². The van der Waals surface area contributed by atoms with Crippen molar-refractivity contribution >= 4 is 17.5 Å². The Hall–Kier alpha value is -2.28. The SMILES string of the molecule is COCCCN1CC(C(=O)N2CCN(c3ccc(OC)cc3)CC2)CC1=O. The Kier molecular flexibility index (Phi) is 6.55. The highest BCUT2D eigenvalue weighted by Gasteiger charge is 2.36. The van der Waals surface area contributed by atoms with Crippen LogP contribution < -0.4 is 9.64 Å². The Bertz CT molecular complexity index is 641. The summed E-state index contributed by atoms with van der Waals surface area (Å²) >= 11 is 0. The molecule has 2 heterocycles. The van der Waals surface area contributed by atoms with Crippen LogP contribution in [0.4, 0.5) is 5.69 Å². The molecular weight excluding hydrogens is 346 g/mol. The summed E-state index contributed by atoms with van der Waals surface area (Å²) in [6, 6.07) is 8.00. The largest absolute Gasteiger partial charge is 0.497 e. The summed E-state index contributed by atoms with van der Waals surface area (Å²) < 4.78 is 10.2. The van der Waals surface area contributed by atoms with Crippen molar-refractivity contribution in [2.24, 2.45) is 5.92 Å². The lowest BCUT2D eigenvalue weighted by Gasteiger charge is -2.37. The molecule has 2 amide bonds. The third kappa shape index (κ3) is 4.71. The van der Waals surface area contributed by atoms with Gasteiger partial charge in [0.25, 0.3) is 0 Å². The van der Waals surface area contributed by atoms with Gasteiger partial charge in [0, 0.05) is 65.1 Å². The highest BCUT2D eigenvalue weighted by molar-refractivity contribution is 5.89. The molecule has 1 atom stereocenters. The molecule has 148 valence electrons. The molecule has 2 fully saturated rings. The van der Waals surface area contributed by atoms with Crippen LogP contribution >= 0.6 is 0 Å². The predicted molar refractivity (Wildman–Crippen MR) is 103 cm³/mol. The zero-order valence-corrected chi connectivity index (χ0v) is 16.2. The number of hydrogen-bond donors (Lipinski definition) is 0. The maximum atomic E-state index is 12.8. The van der Waals surface area contributed by atoms with E-state index in [1.165, 1.54) is 0 Å². The first-order valence-corrected chi connectivity index (χ1v) is 9.57. The van der Waals surface area contributed by atoms with E-state index >= 15 is 0 Å². The topological polar surface area (TPSA) is 62.3 Å². The second-order valence-electron chi connectivity index (χ2n) is 7.10. The van der Waals surface area contributed by atoms with Crippen LogP contribution in [0.25, 0.3) is 0 Å². The molecular formula is C20H29N3O4. The van der Waals surface area contributed by atoms with Crippen molar-refractivity contribution in [2.75, 3.05) is 65.0 Å². The summed E-state index contributed by atoms with van der Waals surface area (Å²) in [7, 11) is 3.32. The second kappa shape index (κ2) is 9.08. The highest BCUT2D eigenvalue weighted by atomic mass is 16.5. The van der Waals surface area contributed by atoms with Gasteiger partial charge < -0.3 is 24.2 Å². The molecule has 2 saturated heterocycles. The van der Waals surface area contributed by atoms with Crippen LogP contribution in [0, 0.1) is 5.92 Å². The first kappa shape index (κ1) is 19.5. The summed E-state index contributed by atoms with van der Waals surface area (Å²) in [6.45, 7) is 4.84. The molecule has 7 heteroatoms. The Morgan fingerprint density at radius 3 is 2.44 bits per heavy atom. The van der Waals surface area contributed by atoms with Crippen molar-refractivity contribution in [3.05, 3.63) is 24.3 Å². The van der Waals surface area contributed by atoms with Crippen LogP contribution in [0.1, 0.15) is 12.8 Å². The molecule has 7 nitrogen and oxygen atoms in total. The molecule has 0 aromatic heterocycles. The van der Waals surface area contributed by atoms with E-state index < -0.39 is 0 Å². The van der Waals surface area contributed by atoms with Crippen LogP contribution in [0.5, 0.6) is 5.75 Å². The zero-order valence-electron chi connectivity index (χ0n) is 16.2. The Labute approximate surface area is 160 Å². The van der Waals surface area contributed by atoms with E-state index in [0.717, 1.165) is 30.9 Å². The number of likely N-dealkylation sites (tertiary alicyclic amines) is 1. The predicted octanol–water partition coefficient (Wildman–Crippen LogP) is 1.23. The minimum Gasteiger partial charge on any atom is -0.497 e. The molecule has 27 heavy (non-hydrogen) atoms. The Morgan fingerprint density at radius 2 is 1.81 bits per heavy atom. The number of methoxy groups -OCH3 is 2. The fourth-order valence-electron chi connectivity index (χ4n) is 3.79. The number of hydrogen-bond acceptors (Lipinski definition) is 5. The van der Waals surface area contributed by atoms with E-state index in [0.29, 0.717) is 39.2 Å². The van der Waals surface area contributed by atoms with Gasteiger partial charge >= 0.3 is 0 Å². The van der Waals surface area contributed by atoms with Gasteiger partial charge in [0.2, 0.25) is 11.8 Å². The molecule has 0 N–H and O–H groups in total. The van der Waals surface area contributed by atoms with Gasteiger partial charge in [-0.05, 0) is 30.7 Å². The number of carbonyl (C=O) groups excluding carboxylic acids is 2. The molecule has 2 aliphatic rings. The number of rotatable bonds is 7. The van der Waals surface area contributed by atoms with Gasteiger partial charge in [-0.1, -0.05) is 0 Å². The molecule has 0 spiro atoms. The van der Waals surface area contributed by atoms with E-state index in [4.69, 9.17) is 9.47 Å². The monoisotopic (exact) mass is 375 g/mol. The lowest BCUT2D eigenvalue weighted by molar-refractivity contribution is -0.136. The first-order valence-electron chi connectivity index (χ1n) is 9.57. The molecule has 0 bridgehead atoms. The maximum absolute atomic E-state index is 12.8. The molecule has 0 aliphatic carbocycles. The number of carbonyl (C=O) groups is 2. The summed E-state index contributed by atoms with van der Waals surface area (Å²) in [5.41, 5.74) is 1.14. The molecule has 0 radical (unpaired) electrons. The molecule has 1 aromatic carbocycles. The van der Waals surface area contributed by atoms with Crippen molar-refractivity contribution in [3.8, 4) is 5.75 Å². The first-order chi connectivity index (χ1) is 13.1. The minimum absolute atomic E-state index is 0.0846. The van der Waals surface area contributed by atoms with Crippen molar-refractivity contribution in [1.29, 1.82) is 0 Å². The van der Waals surface area contributed by atoms with Crippen molar-refractivity contribution in [3.63, 3.8) is 0 Å². The lowest BCUT2D eigenvalue weighted by Crippen LogP contribution is -2.50. The van der Waals surface area contributed by atoms with Gasteiger partial charge in [0.15, 0.2) is 0 Å². The normalized spacial score (nSPS) is 20.3. The van der Waals surface area contributed by atoms with Gasteiger partial charge in [0.1, 0.15) is 5.75 Å². The number of ether oxygens (including phenoxy) is 2. The standard InChI is InChI=1S/C20H29N3O4/c1-26-13-3-8-23-15-16(14-19(23)24)20(25)22-11-9-21(10-12-22)17-4-6-18(27-2)7-5-17/h4-7,16H,3,8-15H2,1-2H3. The van der Waals surface area contributed by atoms with Crippen LogP contribution in [0.3, 0.4) is 0 Å². The van der Waals surface area contributed by atoms with Crippen LogP contribution in [0.2, 0.25) is 0 Å². The molecule has 3 rings (SSSR count). The van der Waals surface area contributed by atoms with Crippen LogP contribution in [0.15, 0.2) is 24.3 Å². The smallest absolute Gasteiger partial charge is 0.228 e. The molecule has 1 unspecified atom stereocenters. The van der Waals surface area contributed by atoms with Gasteiger partial charge in [-0.15, -0.1) is 0 Å². The van der Waals surface area contributed by atoms with Crippen LogP contribution in [-0.2, 0) is 14.3 Å². The summed E-state index contributed by atoms with van der Waals surface area (Å²) in [6.07, 6.45) is 1.15. The van der Waals surface area contributed by atoms with Crippen molar-refractivity contribution in [2.45, 2.75) is 12.8 Å². The zero-order chi connectivity index (χ0) is 19.2. The van der Waals surface area contributed by atoms with Crippen molar-refractivity contribution < 1.29 is 19.1 Å². The van der Waals surface area contributed by atoms with E-state index in [1.807, 2.05) is 29.2 Å². The Balaban J connectivity index is 1.49. The quantitative estimate of drug-likeness (QED) is 0.671. The van der Waals surface area contributed by atoms with E-state index in [1.54, 1.807) is 19.1 Å². The third-order valence-corrected chi connectivity index (χ3v) is 5.37. The molecule has 1 aromatic rings. The van der Waals surface area contributed by atoms with E-state index in [2.05, 4.69) is 4.90 Å². The van der Waals surface area contributed by atoms with Gasteiger partial charge in [-0.2, -0.15) is 0 Å². The third-order valence-electron chi connectivity index (χ3n) is 5.37. The van der Waals surface area contributed by atoms with E-state index in [9.17, 15) is 9.59 Å². The maximum Gasteiger partial charge on any atom is 0.228 e. The average Bonchev–Trinajstić information content (AvgIpc) is 3.08. The lowest BCUT2D eigenvalue weighted by atomic mass is 10.1. The average molecular weight is 375 g/mol.